The first kappa shape index (κ1) is 13.3. The largest absolute Gasteiger partial charge is 0.371 e. The van der Waals surface area contributed by atoms with Gasteiger partial charge in [0.25, 0.3) is 5.69 Å². The summed E-state index contributed by atoms with van der Waals surface area (Å²) in [4.78, 5) is 12.8. The van der Waals surface area contributed by atoms with Crippen molar-refractivity contribution in [2.24, 2.45) is 5.92 Å². The first-order valence-electron chi connectivity index (χ1n) is 6.20. The fourth-order valence-corrected chi connectivity index (χ4v) is 2.80. The summed E-state index contributed by atoms with van der Waals surface area (Å²) >= 11 is 3.42. The van der Waals surface area contributed by atoms with Crippen molar-refractivity contribution in [3.05, 3.63) is 33.9 Å². The van der Waals surface area contributed by atoms with E-state index in [1.54, 1.807) is 12.1 Å². The van der Waals surface area contributed by atoms with Crippen LogP contribution < -0.4 is 4.90 Å². The summed E-state index contributed by atoms with van der Waals surface area (Å²) < 4.78 is 0. The molecule has 1 aliphatic heterocycles. The summed E-state index contributed by atoms with van der Waals surface area (Å²) in [7, 11) is 0. The van der Waals surface area contributed by atoms with Crippen molar-refractivity contribution in [2.75, 3.05) is 18.0 Å². The van der Waals surface area contributed by atoms with E-state index < -0.39 is 0 Å². The van der Waals surface area contributed by atoms with Gasteiger partial charge in [0.05, 0.1) is 4.92 Å². The first-order valence-corrected chi connectivity index (χ1v) is 7.32. The third kappa shape index (κ3) is 2.83. The van der Waals surface area contributed by atoms with Crippen LogP contribution >= 0.6 is 15.9 Å². The second kappa shape index (κ2) is 5.69. The van der Waals surface area contributed by atoms with Crippen LogP contribution in [0.4, 0.5) is 11.4 Å². The number of nitro benzene ring substituents is 1. The minimum Gasteiger partial charge on any atom is -0.371 e. The van der Waals surface area contributed by atoms with Gasteiger partial charge in [-0.05, 0) is 30.4 Å². The van der Waals surface area contributed by atoms with Crippen molar-refractivity contribution >= 4 is 27.3 Å². The van der Waals surface area contributed by atoms with Gasteiger partial charge in [0.2, 0.25) is 0 Å². The van der Waals surface area contributed by atoms with Gasteiger partial charge >= 0.3 is 0 Å². The van der Waals surface area contributed by atoms with E-state index in [-0.39, 0.29) is 10.6 Å². The van der Waals surface area contributed by atoms with Crippen molar-refractivity contribution in [3.63, 3.8) is 0 Å². The quantitative estimate of drug-likeness (QED) is 0.485. The highest BCUT2D eigenvalue weighted by atomic mass is 79.9. The summed E-state index contributed by atoms with van der Waals surface area (Å²) in [5.41, 5.74) is 2.29. The minimum atomic E-state index is -0.339. The van der Waals surface area contributed by atoms with Gasteiger partial charge in [-0.2, -0.15) is 0 Å². The van der Waals surface area contributed by atoms with E-state index in [1.165, 1.54) is 12.8 Å². The maximum Gasteiger partial charge on any atom is 0.269 e. The first-order chi connectivity index (χ1) is 8.61. The molecule has 0 spiro atoms. The number of alkyl halides is 1. The van der Waals surface area contributed by atoms with Crippen molar-refractivity contribution in [1.82, 2.24) is 0 Å². The molecule has 98 valence electrons. The van der Waals surface area contributed by atoms with Crippen LogP contribution in [0.25, 0.3) is 0 Å². The average molecular weight is 313 g/mol. The highest BCUT2D eigenvalue weighted by molar-refractivity contribution is 9.08. The molecule has 1 aromatic carbocycles. The van der Waals surface area contributed by atoms with Crippen molar-refractivity contribution in [2.45, 2.75) is 25.1 Å². The number of nitrogens with zero attached hydrogens (tertiary/aromatic N) is 2. The Morgan fingerprint density at radius 3 is 2.67 bits per heavy atom. The third-order valence-electron chi connectivity index (χ3n) is 3.54. The van der Waals surface area contributed by atoms with E-state index in [9.17, 15) is 10.1 Å². The van der Waals surface area contributed by atoms with Crippen LogP contribution in [-0.2, 0) is 5.33 Å². The molecule has 0 amide bonds. The lowest BCUT2D eigenvalue weighted by molar-refractivity contribution is -0.384. The van der Waals surface area contributed by atoms with E-state index >= 15 is 0 Å². The van der Waals surface area contributed by atoms with Crippen LogP contribution in [0.1, 0.15) is 25.3 Å². The van der Waals surface area contributed by atoms with E-state index in [0.717, 1.165) is 30.3 Å². The molecule has 0 aliphatic carbocycles. The molecule has 0 atom stereocenters. The van der Waals surface area contributed by atoms with Gasteiger partial charge in [0, 0.05) is 36.2 Å². The van der Waals surface area contributed by atoms with Gasteiger partial charge in [0.15, 0.2) is 0 Å². The van der Waals surface area contributed by atoms with Gasteiger partial charge in [0.1, 0.15) is 0 Å². The highest BCUT2D eigenvalue weighted by Gasteiger charge is 2.19. The number of benzene rings is 1. The standard InChI is InChI=1S/C13H17BrN2O2/c1-10-4-6-15(7-5-10)13-3-2-12(16(17)18)8-11(13)9-14/h2-3,8,10H,4-7,9H2,1H3. The number of anilines is 1. The van der Waals surface area contributed by atoms with Gasteiger partial charge in [-0.3, -0.25) is 10.1 Å². The molecule has 1 saturated heterocycles. The lowest BCUT2D eigenvalue weighted by Gasteiger charge is -2.33. The van der Waals surface area contributed by atoms with E-state index in [0.29, 0.717) is 5.33 Å². The molecule has 1 aromatic rings. The Balaban J connectivity index is 2.24. The molecular formula is C13H17BrN2O2. The Kier molecular flexibility index (Phi) is 4.22. The predicted octanol–water partition coefficient (Wildman–Crippen LogP) is 3.73. The van der Waals surface area contributed by atoms with Gasteiger partial charge < -0.3 is 4.90 Å². The Hall–Kier alpha value is -1.10. The molecule has 0 aromatic heterocycles. The highest BCUT2D eigenvalue weighted by Crippen LogP contribution is 2.30. The number of piperidine rings is 1. The number of non-ortho nitro benzene ring substituents is 1. The van der Waals surface area contributed by atoms with Crippen LogP contribution in [0, 0.1) is 16.0 Å². The second-order valence-electron chi connectivity index (χ2n) is 4.87. The lowest BCUT2D eigenvalue weighted by Crippen LogP contribution is -2.33. The Morgan fingerprint density at radius 1 is 1.44 bits per heavy atom. The normalized spacial score (nSPS) is 16.9. The van der Waals surface area contributed by atoms with Crippen LogP contribution in [0.15, 0.2) is 18.2 Å². The molecule has 1 heterocycles. The zero-order valence-corrected chi connectivity index (χ0v) is 12.0. The molecule has 0 N–H and O–H groups in total. The summed E-state index contributed by atoms with van der Waals surface area (Å²) in [6.07, 6.45) is 2.39. The molecule has 5 heteroatoms. The maximum atomic E-state index is 10.8. The predicted molar refractivity (Wildman–Crippen MR) is 76.3 cm³/mol. The topological polar surface area (TPSA) is 46.4 Å². The number of hydrogen-bond acceptors (Lipinski definition) is 3. The molecule has 0 unspecified atom stereocenters. The number of nitro groups is 1. The van der Waals surface area contributed by atoms with Crippen molar-refractivity contribution in [3.8, 4) is 0 Å². The zero-order valence-electron chi connectivity index (χ0n) is 10.4. The molecule has 0 bridgehead atoms. The van der Waals surface area contributed by atoms with Crippen molar-refractivity contribution in [1.29, 1.82) is 0 Å². The molecule has 1 fully saturated rings. The van der Waals surface area contributed by atoms with Crippen molar-refractivity contribution < 1.29 is 4.92 Å². The molecule has 2 rings (SSSR count). The Labute approximate surface area is 115 Å². The van der Waals surface area contributed by atoms with Gasteiger partial charge in [-0.1, -0.05) is 22.9 Å². The Morgan fingerprint density at radius 2 is 2.11 bits per heavy atom. The average Bonchev–Trinajstić information content (AvgIpc) is 2.39. The van der Waals surface area contributed by atoms with Gasteiger partial charge in [-0.25, -0.2) is 0 Å². The lowest BCUT2D eigenvalue weighted by atomic mass is 9.98. The monoisotopic (exact) mass is 312 g/mol. The molecule has 0 saturated carbocycles. The zero-order chi connectivity index (χ0) is 13.1. The second-order valence-corrected chi connectivity index (χ2v) is 5.43. The number of hydrogen-bond donors (Lipinski definition) is 0. The molecule has 4 nitrogen and oxygen atoms in total. The molecule has 0 radical (unpaired) electrons. The fourth-order valence-electron chi connectivity index (χ4n) is 2.35. The fraction of sp³-hybridized carbons (Fsp3) is 0.538. The number of halogens is 1. The SMILES string of the molecule is CC1CCN(c2ccc([N+](=O)[O-])cc2CBr)CC1. The minimum absolute atomic E-state index is 0.165. The van der Waals surface area contributed by atoms with Gasteiger partial charge in [-0.15, -0.1) is 0 Å². The smallest absolute Gasteiger partial charge is 0.269 e. The van der Waals surface area contributed by atoms with E-state index in [2.05, 4.69) is 27.8 Å². The van der Waals surface area contributed by atoms with E-state index in [4.69, 9.17) is 0 Å². The summed E-state index contributed by atoms with van der Waals surface area (Å²) in [5.74, 6) is 0.784. The van der Waals surface area contributed by atoms with E-state index in [1.807, 2.05) is 6.07 Å². The third-order valence-corrected chi connectivity index (χ3v) is 4.15. The summed E-state index contributed by atoms with van der Waals surface area (Å²) in [5, 5.41) is 11.4. The molecule has 18 heavy (non-hydrogen) atoms. The van der Waals surface area contributed by atoms with Crippen LogP contribution in [-0.4, -0.2) is 18.0 Å². The van der Waals surface area contributed by atoms with Crippen LogP contribution in [0.3, 0.4) is 0 Å². The van der Waals surface area contributed by atoms with Crippen LogP contribution in [0.5, 0.6) is 0 Å². The Bertz CT molecular complexity index is 443. The number of rotatable bonds is 3. The van der Waals surface area contributed by atoms with Crippen LogP contribution in [0.2, 0.25) is 0 Å². The summed E-state index contributed by atoms with van der Waals surface area (Å²) in [6, 6.07) is 5.15. The maximum absolute atomic E-state index is 10.8. The molecule has 1 aliphatic rings. The molecular weight excluding hydrogens is 296 g/mol. The summed E-state index contributed by atoms with van der Waals surface area (Å²) in [6.45, 7) is 4.36.